The Balaban J connectivity index is 1.87. The normalized spacial score (nSPS) is 16.3. The summed E-state index contributed by atoms with van der Waals surface area (Å²) in [6.07, 6.45) is 2.25. The molecule has 0 aliphatic carbocycles. The Kier molecular flexibility index (Phi) is 2.87. The number of nitrogens with zero attached hydrogens (tertiary/aromatic N) is 1. The molecule has 0 bridgehead atoms. The van der Waals surface area contributed by atoms with Crippen LogP contribution in [0.2, 0.25) is 0 Å². The summed E-state index contributed by atoms with van der Waals surface area (Å²) < 4.78 is 0. The van der Waals surface area contributed by atoms with E-state index in [0.717, 1.165) is 39.0 Å². The monoisotopic (exact) mass is 229 g/mol. The molecule has 2 aromatic rings. The molecule has 0 amide bonds. The van der Waals surface area contributed by atoms with E-state index in [4.69, 9.17) is 5.73 Å². The van der Waals surface area contributed by atoms with E-state index < -0.39 is 0 Å². The number of aromatic nitrogens is 1. The van der Waals surface area contributed by atoms with Gasteiger partial charge < -0.3 is 10.7 Å². The van der Waals surface area contributed by atoms with Gasteiger partial charge >= 0.3 is 0 Å². The van der Waals surface area contributed by atoms with Crippen molar-refractivity contribution in [1.82, 2.24) is 9.88 Å². The van der Waals surface area contributed by atoms with E-state index >= 15 is 0 Å². The van der Waals surface area contributed by atoms with Gasteiger partial charge in [0.2, 0.25) is 0 Å². The van der Waals surface area contributed by atoms with Gasteiger partial charge in [0.05, 0.1) is 0 Å². The summed E-state index contributed by atoms with van der Waals surface area (Å²) in [7, 11) is 0. The maximum Gasteiger partial charge on any atom is 0.0459 e. The Labute approximate surface area is 102 Å². The van der Waals surface area contributed by atoms with Crippen LogP contribution < -0.4 is 5.73 Å². The van der Waals surface area contributed by atoms with E-state index in [-0.39, 0.29) is 0 Å². The molecule has 17 heavy (non-hydrogen) atoms. The van der Waals surface area contributed by atoms with Crippen LogP contribution in [0.5, 0.6) is 0 Å². The van der Waals surface area contributed by atoms with Crippen LogP contribution in [0.3, 0.4) is 0 Å². The molecule has 3 heteroatoms. The van der Waals surface area contributed by atoms with Crippen LogP contribution in [0.15, 0.2) is 24.3 Å². The molecule has 90 valence electrons. The van der Waals surface area contributed by atoms with Crippen LogP contribution in [-0.4, -0.2) is 29.5 Å². The molecule has 0 saturated carbocycles. The van der Waals surface area contributed by atoms with Crippen molar-refractivity contribution in [3.05, 3.63) is 35.5 Å². The van der Waals surface area contributed by atoms with Crippen LogP contribution in [0.25, 0.3) is 10.9 Å². The number of fused-ring (bicyclic) bond motifs is 3. The second-order valence-corrected chi connectivity index (χ2v) is 4.80. The zero-order chi connectivity index (χ0) is 11.7. The Hall–Kier alpha value is -1.32. The number of para-hydroxylation sites is 1. The molecule has 1 aliphatic heterocycles. The maximum absolute atomic E-state index is 5.57. The van der Waals surface area contributed by atoms with Crippen molar-refractivity contribution in [3.63, 3.8) is 0 Å². The number of H-pyrrole nitrogens is 1. The predicted octanol–water partition coefficient (Wildman–Crippen LogP) is 1.87. The highest BCUT2D eigenvalue weighted by Crippen LogP contribution is 2.27. The molecule has 0 saturated heterocycles. The third kappa shape index (κ3) is 1.96. The average molecular weight is 229 g/mol. The van der Waals surface area contributed by atoms with E-state index in [0.29, 0.717) is 0 Å². The quantitative estimate of drug-likeness (QED) is 0.844. The first-order valence-corrected chi connectivity index (χ1v) is 6.39. The highest BCUT2D eigenvalue weighted by molar-refractivity contribution is 5.84. The standard InChI is InChI=1S/C14H19N3/c15-7-3-8-17-9-6-12-11-4-1-2-5-13(11)16-14(12)10-17/h1-2,4-5,16H,3,6-10,15H2. The van der Waals surface area contributed by atoms with Crippen LogP contribution >= 0.6 is 0 Å². The third-order valence-electron chi connectivity index (χ3n) is 3.64. The predicted molar refractivity (Wildman–Crippen MR) is 71.0 cm³/mol. The van der Waals surface area contributed by atoms with Crippen molar-refractivity contribution >= 4 is 10.9 Å². The van der Waals surface area contributed by atoms with Gasteiger partial charge in [-0.1, -0.05) is 18.2 Å². The van der Waals surface area contributed by atoms with Crippen LogP contribution in [0.4, 0.5) is 0 Å². The summed E-state index contributed by atoms with van der Waals surface area (Å²) in [4.78, 5) is 6.04. The number of aromatic amines is 1. The first kappa shape index (κ1) is 10.8. The lowest BCUT2D eigenvalue weighted by molar-refractivity contribution is 0.250. The van der Waals surface area contributed by atoms with Gasteiger partial charge in [0.25, 0.3) is 0 Å². The minimum atomic E-state index is 0.788. The molecule has 3 nitrogen and oxygen atoms in total. The summed E-state index contributed by atoms with van der Waals surface area (Å²) >= 11 is 0. The number of hydrogen-bond donors (Lipinski definition) is 2. The second kappa shape index (κ2) is 4.51. The topological polar surface area (TPSA) is 45.0 Å². The Bertz CT molecular complexity index is 515. The van der Waals surface area contributed by atoms with E-state index in [9.17, 15) is 0 Å². The van der Waals surface area contributed by atoms with Gasteiger partial charge in [-0.05, 0) is 37.6 Å². The van der Waals surface area contributed by atoms with Gasteiger partial charge in [0.15, 0.2) is 0 Å². The van der Waals surface area contributed by atoms with E-state index in [1.165, 1.54) is 22.2 Å². The highest BCUT2D eigenvalue weighted by atomic mass is 15.1. The lowest BCUT2D eigenvalue weighted by Crippen LogP contribution is -2.32. The minimum absolute atomic E-state index is 0.788. The first-order chi connectivity index (χ1) is 8.38. The molecular weight excluding hydrogens is 210 g/mol. The summed E-state index contributed by atoms with van der Waals surface area (Å²) in [6.45, 7) is 4.11. The number of hydrogen-bond acceptors (Lipinski definition) is 2. The molecule has 1 aromatic carbocycles. The number of nitrogens with one attached hydrogen (secondary N) is 1. The van der Waals surface area contributed by atoms with Gasteiger partial charge in [0, 0.05) is 29.7 Å². The summed E-state index contributed by atoms with van der Waals surface area (Å²) in [5.41, 5.74) is 9.76. The molecule has 2 heterocycles. The van der Waals surface area contributed by atoms with Crippen molar-refractivity contribution in [3.8, 4) is 0 Å². The molecule has 3 rings (SSSR count). The molecule has 1 aromatic heterocycles. The molecule has 1 aliphatic rings. The molecule has 0 unspecified atom stereocenters. The van der Waals surface area contributed by atoms with Gasteiger partial charge in [-0.3, -0.25) is 4.90 Å². The third-order valence-corrected chi connectivity index (χ3v) is 3.64. The van der Waals surface area contributed by atoms with E-state index in [1.54, 1.807) is 0 Å². The number of benzene rings is 1. The average Bonchev–Trinajstić information content (AvgIpc) is 2.74. The van der Waals surface area contributed by atoms with Crippen molar-refractivity contribution < 1.29 is 0 Å². The first-order valence-electron chi connectivity index (χ1n) is 6.39. The zero-order valence-electron chi connectivity index (χ0n) is 10.1. The van der Waals surface area contributed by atoms with Gasteiger partial charge in [0.1, 0.15) is 0 Å². The minimum Gasteiger partial charge on any atom is -0.357 e. The fourth-order valence-corrected chi connectivity index (χ4v) is 2.75. The van der Waals surface area contributed by atoms with E-state index in [1.807, 2.05) is 0 Å². The Morgan fingerprint density at radius 3 is 3.06 bits per heavy atom. The SMILES string of the molecule is NCCCN1CCc2c([nH]c3ccccc23)C1. The van der Waals surface area contributed by atoms with E-state index in [2.05, 4.69) is 34.1 Å². The van der Waals surface area contributed by atoms with Crippen LogP contribution in [-0.2, 0) is 13.0 Å². The lowest BCUT2D eigenvalue weighted by atomic mass is 10.0. The lowest BCUT2D eigenvalue weighted by Gasteiger charge is -2.26. The molecule has 3 N–H and O–H groups in total. The number of nitrogens with two attached hydrogens (primary N) is 1. The number of rotatable bonds is 3. The fourth-order valence-electron chi connectivity index (χ4n) is 2.75. The van der Waals surface area contributed by atoms with Crippen molar-refractivity contribution in [2.75, 3.05) is 19.6 Å². The largest absolute Gasteiger partial charge is 0.357 e. The maximum atomic E-state index is 5.57. The van der Waals surface area contributed by atoms with Gasteiger partial charge in [-0.25, -0.2) is 0 Å². The van der Waals surface area contributed by atoms with Crippen molar-refractivity contribution in [2.45, 2.75) is 19.4 Å². The smallest absolute Gasteiger partial charge is 0.0459 e. The molecule has 0 atom stereocenters. The van der Waals surface area contributed by atoms with Crippen molar-refractivity contribution in [1.29, 1.82) is 0 Å². The highest BCUT2D eigenvalue weighted by Gasteiger charge is 2.19. The summed E-state index contributed by atoms with van der Waals surface area (Å²) in [6, 6.07) is 8.60. The molecular formula is C14H19N3. The summed E-state index contributed by atoms with van der Waals surface area (Å²) in [5.74, 6) is 0. The molecule has 0 radical (unpaired) electrons. The Morgan fingerprint density at radius 2 is 2.18 bits per heavy atom. The fraction of sp³-hybridized carbons (Fsp3) is 0.429. The molecule has 0 spiro atoms. The molecule has 0 fully saturated rings. The van der Waals surface area contributed by atoms with Gasteiger partial charge in [-0.2, -0.15) is 0 Å². The summed E-state index contributed by atoms with van der Waals surface area (Å²) in [5, 5.41) is 1.40. The van der Waals surface area contributed by atoms with Crippen molar-refractivity contribution in [2.24, 2.45) is 5.73 Å². The second-order valence-electron chi connectivity index (χ2n) is 4.80. The van der Waals surface area contributed by atoms with Crippen LogP contribution in [0, 0.1) is 0 Å². The zero-order valence-corrected chi connectivity index (χ0v) is 10.1. The van der Waals surface area contributed by atoms with Crippen LogP contribution in [0.1, 0.15) is 17.7 Å². The van der Waals surface area contributed by atoms with Gasteiger partial charge in [-0.15, -0.1) is 0 Å². The Morgan fingerprint density at radius 1 is 1.29 bits per heavy atom.